The van der Waals surface area contributed by atoms with Crippen LogP contribution in [-0.4, -0.2) is 17.7 Å². The molecular formula is C18H13F3O3S. The van der Waals surface area contributed by atoms with Crippen LogP contribution in [0, 0.1) is 17.5 Å². The molecule has 0 aliphatic heterocycles. The number of hydrogen-bond acceptors (Lipinski definition) is 3. The minimum absolute atomic E-state index is 0.107. The van der Waals surface area contributed by atoms with E-state index < -0.39 is 29.0 Å². The highest BCUT2D eigenvalue weighted by Gasteiger charge is 2.26. The molecule has 1 heterocycles. The van der Waals surface area contributed by atoms with Gasteiger partial charge < -0.3 is 9.84 Å². The fraction of sp³-hybridized carbons (Fsp3) is 0.167. The molecule has 0 unspecified atom stereocenters. The van der Waals surface area contributed by atoms with E-state index in [0.717, 1.165) is 29.5 Å². The molecule has 0 aliphatic carbocycles. The van der Waals surface area contributed by atoms with Crippen LogP contribution in [0.25, 0.3) is 21.2 Å². The molecule has 0 aliphatic rings. The number of carboxylic acids is 1. The molecule has 1 N–H and O–H groups in total. The molecule has 0 spiro atoms. The lowest BCUT2D eigenvalue weighted by Gasteiger charge is -2.11. The number of hydrogen-bond donors (Lipinski definition) is 1. The van der Waals surface area contributed by atoms with E-state index in [4.69, 9.17) is 4.74 Å². The smallest absolute Gasteiger partial charge is 0.346 e. The van der Waals surface area contributed by atoms with Crippen molar-refractivity contribution in [2.45, 2.75) is 13.3 Å². The zero-order valence-electron chi connectivity index (χ0n) is 13.1. The molecule has 0 atom stereocenters. The van der Waals surface area contributed by atoms with Crippen molar-refractivity contribution >= 4 is 27.4 Å². The van der Waals surface area contributed by atoms with Crippen LogP contribution in [0.2, 0.25) is 0 Å². The van der Waals surface area contributed by atoms with Gasteiger partial charge >= 0.3 is 5.97 Å². The Hall–Kier alpha value is -2.54. The monoisotopic (exact) mass is 366 g/mol. The number of aromatic carboxylic acids is 1. The van der Waals surface area contributed by atoms with Gasteiger partial charge in [0.15, 0.2) is 11.6 Å². The van der Waals surface area contributed by atoms with E-state index in [1.165, 1.54) is 12.1 Å². The molecule has 3 aromatic rings. The van der Waals surface area contributed by atoms with Crippen molar-refractivity contribution in [3.8, 4) is 16.9 Å². The van der Waals surface area contributed by atoms with E-state index in [0.29, 0.717) is 11.1 Å². The van der Waals surface area contributed by atoms with Gasteiger partial charge in [0.1, 0.15) is 16.5 Å². The molecule has 7 heteroatoms. The summed E-state index contributed by atoms with van der Waals surface area (Å²) in [6.45, 7) is 2.08. The number of halogens is 3. The summed E-state index contributed by atoms with van der Waals surface area (Å²) in [4.78, 5) is 11.3. The highest BCUT2D eigenvalue weighted by atomic mass is 32.1. The molecule has 3 rings (SSSR count). The first-order valence-corrected chi connectivity index (χ1v) is 8.32. The van der Waals surface area contributed by atoms with Crippen LogP contribution in [0.4, 0.5) is 13.2 Å². The zero-order valence-corrected chi connectivity index (χ0v) is 13.9. The summed E-state index contributed by atoms with van der Waals surface area (Å²) in [6.07, 6.45) is 0.632. The Kier molecular flexibility index (Phi) is 4.67. The largest absolute Gasteiger partial charge is 0.491 e. The maximum Gasteiger partial charge on any atom is 0.346 e. The first-order valence-electron chi connectivity index (χ1n) is 7.50. The van der Waals surface area contributed by atoms with Crippen molar-refractivity contribution in [1.82, 2.24) is 0 Å². The number of fused-ring (bicyclic) bond motifs is 1. The zero-order chi connectivity index (χ0) is 18.1. The average Bonchev–Trinajstić information content (AvgIpc) is 2.93. The molecule has 0 bridgehead atoms. The summed E-state index contributed by atoms with van der Waals surface area (Å²) in [5, 5.41) is 9.70. The molecule has 130 valence electrons. The highest BCUT2D eigenvalue weighted by molar-refractivity contribution is 7.21. The number of carboxylic acid groups (broad SMARTS) is 1. The van der Waals surface area contributed by atoms with Crippen molar-refractivity contribution in [3.63, 3.8) is 0 Å². The van der Waals surface area contributed by atoms with E-state index in [9.17, 15) is 23.1 Å². The van der Waals surface area contributed by atoms with Crippen molar-refractivity contribution in [2.75, 3.05) is 6.61 Å². The summed E-state index contributed by atoms with van der Waals surface area (Å²) in [7, 11) is 0. The van der Waals surface area contributed by atoms with Gasteiger partial charge in [-0.3, -0.25) is 0 Å². The van der Waals surface area contributed by atoms with Crippen molar-refractivity contribution in [2.24, 2.45) is 0 Å². The van der Waals surface area contributed by atoms with Crippen LogP contribution >= 0.6 is 11.3 Å². The Morgan fingerprint density at radius 3 is 2.60 bits per heavy atom. The van der Waals surface area contributed by atoms with Gasteiger partial charge in [0.2, 0.25) is 0 Å². The number of carbonyl (C=O) groups is 1. The molecule has 1 aromatic heterocycles. The lowest BCUT2D eigenvalue weighted by atomic mass is 10.00. The van der Waals surface area contributed by atoms with E-state index in [1.807, 2.05) is 6.92 Å². The van der Waals surface area contributed by atoms with E-state index >= 15 is 0 Å². The summed E-state index contributed by atoms with van der Waals surface area (Å²) in [5.74, 6) is -3.93. The Morgan fingerprint density at radius 1 is 1.16 bits per heavy atom. The predicted molar refractivity (Wildman–Crippen MR) is 89.9 cm³/mol. The van der Waals surface area contributed by atoms with E-state index in [-0.39, 0.29) is 28.2 Å². The fourth-order valence-corrected chi connectivity index (χ4v) is 3.63. The van der Waals surface area contributed by atoms with Crippen LogP contribution in [0.5, 0.6) is 5.75 Å². The van der Waals surface area contributed by atoms with Gasteiger partial charge in [-0.25, -0.2) is 18.0 Å². The first-order chi connectivity index (χ1) is 11.9. The van der Waals surface area contributed by atoms with Crippen LogP contribution in [0.1, 0.15) is 23.0 Å². The topological polar surface area (TPSA) is 46.5 Å². The Bertz CT molecular complexity index is 966. The molecule has 0 fully saturated rings. The summed E-state index contributed by atoms with van der Waals surface area (Å²) < 4.78 is 48.2. The van der Waals surface area contributed by atoms with Crippen LogP contribution in [0.3, 0.4) is 0 Å². The highest BCUT2D eigenvalue weighted by Crippen LogP contribution is 2.43. The lowest BCUT2D eigenvalue weighted by molar-refractivity contribution is 0.0703. The number of thiophene rings is 1. The molecule has 0 amide bonds. The van der Waals surface area contributed by atoms with Crippen molar-refractivity contribution in [1.29, 1.82) is 0 Å². The minimum atomic E-state index is -1.34. The minimum Gasteiger partial charge on any atom is -0.491 e. The second kappa shape index (κ2) is 6.76. The van der Waals surface area contributed by atoms with E-state index in [1.54, 1.807) is 0 Å². The third-order valence-electron chi connectivity index (χ3n) is 3.61. The summed E-state index contributed by atoms with van der Waals surface area (Å²) in [5.41, 5.74) is -0.590. The maximum absolute atomic E-state index is 14.8. The third-order valence-corrected chi connectivity index (χ3v) is 4.75. The van der Waals surface area contributed by atoms with Crippen molar-refractivity contribution in [3.05, 3.63) is 52.7 Å². The van der Waals surface area contributed by atoms with Crippen LogP contribution in [0.15, 0.2) is 30.3 Å². The van der Waals surface area contributed by atoms with Gasteiger partial charge in [-0.05, 0) is 36.8 Å². The van der Waals surface area contributed by atoms with Crippen LogP contribution < -0.4 is 4.74 Å². The standard InChI is InChI=1S/C18H13F3O3S/c1-2-7-24-12-6-5-11(20)15(16(12)21)14-10-4-3-9(19)8-13(10)25-17(14)18(22)23/h3-6,8H,2,7H2,1H3,(H,22,23). The van der Waals surface area contributed by atoms with E-state index in [2.05, 4.69) is 0 Å². The quantitative estimate of drug-likeness (QED) is 0.651. The Morgan fingerprint density at radius 2 is 1.92 bits per heavy atom. The Balaban J connectivity index is 2.32. The van der Waals surface area contributed by atoms with Gasteiger partial charge in [0, 0.05) is 15.6 Å². The molecule has 25 heavy (non-hydrogen) atoms. The van der Waals surface area contributed by atoms with Gasteiger partial charge in [0.25, 0.3) is 0 Å². The molecular weight excluding hydrogens is 353 g/mol. The normalized spacial score (nSPS) is 11.0. The van der Waals surface area contributed by atoms with Gasteiger partial charge in [-0.15, -0.1) is 11.3 Å². The molecule has 0 saturated heterocycles. The van der Waals surface area contributed by atoms with Crippen LogP contribution in [-0.2, 0) is 0 Å². The second-order valence-electron chi connectivity index (χ2n) is 5.33. The fourth-order valence-electron chi connectivity index (χ4n) is 2.56. The van der Waals surface area contributed by atoms with Crippen molar-refractivity contribution < 1.29 is 27.8 Å². The first kappa shape index (κ1) is 17.3. The predicted octanol–water partition coefficient (Wildman–Crippen LogP) is 5.47. The Labute approximate surface area is 145 Å². The molecule has 2 aromatic carbocycles. The number of benzene rings is 2. The molecule has 3 nitrogen and oxygen atoms in total. The number of rotatable bonds is 5. The summed E-state index contributed by atoms with van der Waals surface area (Å²) >= 11 is 0.768. The van der Waals surface area contributed by atoms with Gasteiger partial charge in [-0.1, -0.05) is 6.92 Å². The average molecular weight is 366 g/mol. The summed E-state index contributed by atoms with van der Waals surface area (Å²) in [6, 6.07) is 5.78. The number of ether oxygens (including phenoxy) is 1. The lowest BCUT2D eigenvalue weighted by Crippen LogP contribution is -2.02. The third kappa shape index (κ3) is 3.07. The molecule has 0 radical (unpaired) electrons. The SMILES string of the molecule is CCCOc1ccc(F)c(-c2c(C(=O)O)sc3cc(F)ccc23)c1F. The molecule has 0 saturated carbocycles. The van der Waals surface area contributed by atoms with Gasteiger partial charge in [0.05, 0.1) is 12.2 Å². The van der Waals surface area contributed by atoms with Gasteiger partial charge in [-0.2, -0.15) is 0 Å². The maximum atomic E-state index is 14.8. The second-order valence-corrected chi connectivity index (χ2v) is 6.39.